The number of fused-ring (bicyclic) bond motifs is 2. The largest absolute Gasteiger partial charge is 0.338 e. The number of carbonyl (C=O) groups is 1. The molecule has 0 spiro atoms. The molecule has 33 heavy (non-hydrogen) atoms. The fraction of sp³-hybridized carbons (Fsp3) is 0.217. The lowest BCUT2D eigenvalue weighted by atomic mass is 10.1. The third-order valence-electron chi connectivity index (χ3n) is 5.86. The summed E-state index contributed by atoms with van der Waals surface area (Å²) in [6, 6.07) is 19.5. The van der Waals surface area contributed by atoms with Crippen LogP contribution in [0.2, 0.25) is 0 Å². The second kappa shape index (κ2) is 8.38. The van der Waals surface area contributed by atoms with Gasteiger partial charge in [-0.3, -0.25) is 9.59 Å². The minimum atomic E-state index is -3.67. The number of benzene rings is 3. The van der Waals surface area contributed by atoms with Gasteiger partial charge in [0, 0.05) is 26.2 Å². The Morgan fingerprint density at radius 1 is 0.879 bits per heavy atom. The molecule has 1 aromatic heterocycles. The van der Waals surface area contributed by atoms with Crippen LogP contribution in [0.3, 0.4) is 0 Å². The van der Waals surface area contributed by atoms with Crippen LogP contribution in [0.4, 0.5) is 0 Å². The zero-order chi connectivity index (χ0) is 23.0. The highest BCUT2D eigenvalue weighted by Crippen LogP contribution is 2.23. The summed E-state index contributed by atoms with van der Waals surface area (Å²) in [4.78, 5) is 27.1. The molecule has 0 bridgehead atoms. The molecule has 0 unspecified atom stereocenters. The third kappa shape index (κ3) is 3.98. The van der Waals surface area contributed by atoms with Crippen molar-refractivity contribution in [2.24, 2.45) is 0 Å². The summed E-state index contributed by atoms with van der Waals surface area (Å²) < 4.78 is 28.7. The van der Waals surface area contributed by atoms with Crippen LogP contribution in [-0.2, 0) is 21.4 Å². The number of sulfonamides is 1. The van der Waals surface area contributed by atoms with Gasteiger partial charge in [0.25, 0.3) is 5.56 Å². The minimum absolute atomic E-state index is 0.180. The summed E-state index contributed by atoms with van der Waals surface area (Å²) in [7, 11) is -3.67. The standard InChI is InChI=1S/C23H21N5O4S/c29-22(16-28-23(30)20-7-3-4-8-21(20)24-25-28)26-11-13-27(14-12-26)33(31,32)19-10-9-17-5-1-2-6-18(17)15-19/h1-10,15H,11-14,16H2. The zero-order valence-corrected chi connectivity index (χ0v) is 18.5. The van der Waals surface area contributed by atoms with E-state index >= 15 is 0 Å². The second-order valence-electron chi connectivity index (χ2n) is 7.86. The molecule has 3 aromatic carbocycles. The van der Waals surface area contributed by atoms with Gasteiger partial charge in [-0.05, 0) is 35.0 Å². The predicted molar refractivity (Wildman–Crippen MR) is 123 cm³/mol. The van der Waals surface area contributed by atoms with Gasteiger partial charge in [-0.15, -0.1) is 5.10 Å². The number of hydrogen-bond donors (Lipinski definition) is 0. The van der Waals surface area contributed by atoms with E-state index in [1.54, 1.807) is 47.4 Å². The number of nitrogens with zero attached hydrogens (tertiary/aromatic N) is 5. The number of amides is 1. The van der Waals surface area contributed by atoms with Gasteiger partial charge < -0.3 is 4.90 Å². The Kier molecular flexibility index (Phi) is 5.39. The van der Waals surface area contributed by atoms with E-state index in [4.69, 9.17) is 0 Å². The topological polar surface area (TPSA) is 105 Å². The lowest BCUT2D eigenvalue weighted by molar-refractivity contribution is -0.133. The Labute approximate surface area is 189 Å². The molecule has 10 heteroatoms. The number of aromatic nitrogens is 3. The maximum absolute atomic E-state index is 13.1. The molecule has 2 heterocycles. The van der Waals surface area contributed by atoms with Crippen LogP contribution >= 0.6 is 0 Å². The van der Waals surface area contributed by atoms with Crippen molar-refractivity contribution < 1.29 is 13.2 Å². The Hall–Kier alpha value is -3.63. The molecule has 0 radical (unpaired) electrons. The van der Waals surface area contributed by atoms with Crippen LogP contribution in [0.15, 0.2) is 76.4 Å². The molecule has 1 fully saturated rings. The van der Waals surface area contributed by atoms with Crippen molar-refractivity contribution in [3.8, 4) is 0 Å². The molecular weight excluding hydrogens is 442 g/mol. The van der Waals surface area contributed by atoms with Crippen molar-refractivity contribution in [1.29, 1.82) is 0 Å². The molecule has 0 atom stereocenters. The first kappa shape index (κ1) is 21.2. The summed E-state index contributed by atoms with van der Waals surface area (Å²) in [6.07, 6.45) is 0. The van der Waals surface area contributed by atoms with Gasteiger partial charge >= 0.3 is 0 Å². The molecule has 1 saturated heterocycles. The van der Waals surface area contributed by atoms with Gasteiger partial charge in [0.1, 0.15) is 12.1 Å². The molecule has 1 aliphatic rings. The Morgan fingerprint density at radius 2 is 1.58 bits per heavy atom. The summed E-state index contributed by atoms with van der Waals surface area (Å²) in [5, 5.41) is 10.1. The Morgan fingerprint density at radius 3 is 2.36 bits per heavy atom. The van der Waals surface area contributed by atoms with Gasteiger partial charge in [0.2, 0.25) is 15.9 Å². The third-order valence-corrected chi connectivity index (χ3v) is 7.76. The molecular formula is C23H21N5O4S. The fourth-order valence-electron chi connectivity index (χ4n) is 4.01. The first-order chi connectivity index (χ1) is 15.9. The first-order valence-electron chi connectivity index (χ1n) is 10.5. The summed E-state index contributed by atoms with van der Waals surface area (Å²) in [5.74, 6) is -0.301. The molecule has 4 aromatic rings. The van der Waals surface area contributed by atoms with E-state index in [0.29, 0.717) is 10.9 Å². The highest BCUT2D eigenvalue weighted by atomic mass is 32.2. The second-order valence-corrected chi connectivity index (χ2v) is 9.80. The Balaban J connectivity index is 1.28. The first-order valence-corrected chi connectivity index (χ1v) is 12.0. The quantitative estimate of drug-likeness (QED) is 0.454. The average Bonchev–Trinajstić information content (AvgIpc) is 2.85. The smallest absolute Gasteiger partial charge is 0.278 e. The van der Waals surface area contributed by atoms with Gasteiger partial charge in [-0.25, -0.2) is 13.1 Å². The van der Waals surface area contributed by atoms with E-state index in [2.05, 4.69) is 10.3 Å². The average molecular weight is 464 g/mol. The summed E-state index contributed by atoms with van der Waals surface area (Å²) in [5.41, 5.74) is 0.0881. The van der Waals surface area contributed by atoms with Crippen LogP contribution in [0.1, 0.15) is 0 Å². The summed E-state index contributed by atoms with van der Waals surface area (Å²) >= 11 is 0. The van der Waals surface area contributed by atoms with Crippen molar-refractivity contribution in [1.82, 2.24) is 24.2 Å². The van der Waals surface area contributed by atoms with Crippen molar-refractivity contribution in [3.63, 3.8) is 0 Å². The summed E-state index contributed by atoms with van der Waals surface area (Å²) in [6.45, 7) is 0.593. The fourth-order valence-corrected chi connectivity index (χ4v) is 5.47. The van der Waals surface area contributed by atoms with Crippen molar-refractivity contribution in [2.45, 2.75) is 11.4 Å². The van der Waals surface area contributed by atoms with Crippen LogP contribution < -0.4 is 5.56 Å². The maximum atomic E-state index is 13.1. The van der Waals surface area contributed by atoms with Crippen molar-refractivity contribution >= 4 is 37.6 Å². The SMILES string of the molecule is O=C(Cn1nnc2ccccc2c1=O)N1CCN(S(=O)(=O)c2ccc3ccccc3c2)CC1. The predicted octanol–water partition coefficient (Wildman–Crippen LogP) is 1.48. The highest BCUT2D eigenvalue weighted by Gasteiger charge is 2.30. The van der Waals surface area contributed by atoms with E-state index in [9.17, 15) is 18.0 Å². The molecule has 168 valence electrons. The monoisotopic (exact) mass is 463 g/mol. The lowest BCUT2D eigenvalue weighted by Crippen LogP contribution is -2.51. The van der Waals surface area contributed by atoms with Gasteiger partial charge in [-0.2, -0.15) is 4.31 Å². The number of carbonyl (C=O) groups excluding carboxylic acids is 1. The van der Waals surface area contributed by atoms with Crippen LogP contribution in [0, 0.1) is 0 Å². The minimum Gasteiger partial charge on any atom is -0.338 e. The number of rotatable bonds is 4. The van der Waals surface area contributed by atoms with Gasteiger partial charge in [-0.1, -0.05) is 47.7 Å². The maximum Gasteiger partial charge on any atom is 0.278 e. The normalized spacial score (nSPS) is 15.2. The Bertz CT molecular complexity index is 1520. The molecule has 9 nitrogen and oxygen atoms in total. The van der Waals surface area contributed by atoms with Crippen molar-refractivity contribution in [2.75, 3.05) is 26.2 Å². The van der Waals surface area contributed by atoms with Gasteiger partial charge in [0.05, 0.1) is 10.3 Å². The van der Waals surface area contributed by atoms with Crippen LogP contribution in [0.25, 0.3) is 21.7 Å². The van der Waals surface area contributed by atoms with Crippen LogP contribution in [-0.4, -0.2) is 64.7 Å². The van der Waals surface area contributed by atoms with Gasteiger partial charge in [0.15, 0.2) is 0 Å². The molecule has 5 rings (SSSR count). The molecule has 1 aliphatic heterocycles. The van der Waals surface area contributed by atoms with E-state index in [-0.39, 0.29) is 49.1 Å². The van der Waals surface area contributed by atoms with Crippen LogP contribution in [0.5, 0.6) is 0 Å². The number of piperazine rings is 1. The van der Waals surface area contributed by atoms with E-state index in [1.807, 2.05) is 24.3 Å². The molecule has 0 N–H and O–H groups in total. The van der Waals surface area contributed by atoms with E-state index < -0.39 is 10.0 Å². The molecule has 1 amide bonds. The molecule has 0 aliphatic carbocycles. The number of hydrogen-bond acceptors (Lipinski definition) is 6. The molecule has 0 saturated carbocycles. The lowest BCUT2D eigenvalue weighted by Gasteiger charge is -2.34. The highest BCUT2D eigenvalue weighted by molar-refractivity contribution is 7.89. The van der Waals surface area contributed by atoms with E-state index in [1.165, 1.54) is 4.31 Å². The van der Waals surface area contributed by atoms with Crippen molar-refractivity contribution in [3.05, 3.63) is 77.1 Å². The van der Waals surface area contributed by atoms with E-state index in [0.717, 1.165) is 15.5 Å². The zero-order valence-electron chi connectivity index (χ0n) is 17.7.